The van der Waals surface area contributed by atoms with Crippen molar-refractivity contribution in [3.63, 3.8) is 0 Å². The monoisotopic (exact) mass is 171 g/mol. The van der Waals surface area contributed by atoms with E-state index >= 15 is 0 Å². The molecule has 0 aromatic heterocycles. The Morgan fingerprint density at radius 1 is 1.00 bits per heavy atom. The van der Waals surface area contributed by atoms with Gasteiger partial charge in [0.2, 0.25) is 0 Å². The first kappa shape index (κ1) is 26.1. The van der Waals surface area contributed by atoms with E-state index in [4.69, 9.17) is 19.8 Å². The molecule has 0 amide bonds. The van der Waals surface area contributed by atoms with Gasteiger partial charge in [-0.15, -0.1) is 0 Å². The van der Waals surface area contributed by atoms with Gasteiger partial charge in [0.25, 0.3) is 0 Å². The summed E-state index contributed by atoms with van der Waals surface area (Å²) in [4.78, 5) is 16.5. The molecule has 0 aliphatic rings. The average Bonchev–Trinajstić information content (AvgIpc) is 1.39. The van der Waals surface area contributed by atoms with Crippen LogP contribution in [-0.2, 0) is 26.7 Å². The smallest absolute Gasteiger partial charge is 0.0275 e. The van der Waals surface area contributed by atoms with Gasteiger partial charge in [-0.2, -0.15) is 0 Å². The van der Waals surface area contributed by atoms with E-state index in [1.807, 2.05) is 0 Å². The van der Waals surface area contributed by atoms with E-state index in [1.165, 1.54) is 0 Å². The van der Waals surface area contributed by atoms with E-state index in [0.29, 0.717) is 0 Å². The van der Waals surface area contributed by atoms with Crippen LogP contribution in [0.1, 0.15) is 0 Å². The fourth-order valence-electron chi connectivity index (χ4n) is 0. The van der Waals surface area contributed by atoms with Gasteiger partial charge >= 0.3 is 0 Å². The first-order valence-electron chi connectivity index (χ1n) is 0.943. The van der Waals surface area contributed by atoms with Gasteiger partial charge in [0.1, 0.15) is 0 Å². The molecule has 0 aliphatic heterocycles. The van der Waals surface area contributed by atoms with Crippen LogP contribution in [0.15, 0.2) is 0 Å². The zero-order valence-electron chi connectivity index (χ0n) is 3.59. The van der Waals surface area contributed by atoms with E-state index < -0.39 is 12.9 Å². The number of carbonyl (C=O) groups excluding carboxylic acids is 2. The van der Waals surface area contributed by atoms with Crippen LogP contribution in [0.4, 0.5) is 0 Å². The molecule has 0 saturated carbocycles. The minimum Gasteiger partial charge on any atom is -0.554 e. The Balaban J connectivity index is -0.0000000160. The second kappa shape index (κ2) is 93.6. The van der Waals surface area contributed by atoms with Crippen molar-refractivity contribution >= 4 is 12.9 Å². The second-order valence-electron chi connectivity index (χ2n) is 0.192. The van der Waals surface area contributed by atoms with Gasteiger partial charge in [-0.1, -0.05) is 0 Å². The third-order valence-electron chi connectivity index (χ3n) is 0. The molecule has 6 heteroatoms. The molecule has 0 rings (SSSR count). The Kier molecular flexibility index (Phi) is 306. The molecule has 0 aliphatic carbocycles. The normalized spacial score (nSPS) is 3.00. The van der Waals surface area contributed by atoms with Crippen molar-refractivity contribution in [2.75, 3.05) is 0 Å². The van der Waals surface area contributed by atoms with Crippen LogP contribution in [0.2, 0.25) is 0 Å². The number of hydrogen-bond acceptors (Lipinski definition) is 4. The molecule has 1 radical (unpaired) electrons. The number of rotatable bonds is 0. The molecule has 0 aromatic rings. The Morgan fingerprint density at radius 3 is 1.00 bits per heavy atom. The molecule has 0 bridgehead atoms. The molecular formula is C2H4CuO5-2. The van der Waals surface area contributed by atoms with Gasteiger partial charge < -0.3 is 25.3 Å². The third-order valence-corrected chi connectivity index (χ3v) is 0. The summed E-state index contributed by atoms with van der Waals surface area (Å²) in [6.45, 7) is -1.00. The van der Waals surface area contributed by atoms with Crippen LogP contribution >= 0.6 is 0 Å². The maximum Gasteiger partial charge on any atom is 0.0275 e. The van der Waals surface area contributed by atoms with E-state index in [2.05, 4.69) is 0 Å². The molecule has 55 valence electrons. The van der Waals surface area contributed by atoms with Gasteiger partial charge in [0, 0.05) is 30.0 Å². The van der Waals surface area contributed by atoms with E-state index in [0.717, 1.165) is 0 Å². The second-order valence-corrected chi connectivity index (χ2v) is 0.192. The molecule has 8 heavy (non-hydrogen) atoms. The van der Waals surface area contributed by atoms with Crippen molar-refractivity contribution in [2.45, 2.75) is 0 Å². The van der Waals surface area contributed by atoms with Gasteiger partial charge in [0.05, 0.1) is 0 Å². The maximum absolute atomic E-state index is 8.25. The minimum atomic E-state index is -0.500. The summed E-state index contributed by atoms with van der Waals surface area (Å²) < 4.78 is 0. The standard InChI is InChI=1S/2CH2O2.Cu.H2O/c2*2-1-3;;/h2*1H,(H,2,3);;1H2/p-2. The van der Waals surface area contributed by atoms with Crippen LogP contribution in [0.5, 0.6) is 0 Å². The first-order chi connectivity index (χ1) is 2.83. The zero-order valence-corrected chi connectivity index (χ0v) is 4.53. The Bertz CT molecular complexity index is 31.4. The summed E-state index contributed by atoms with van der Waals surface area (Å²) in [7, 11) is 0. The van der Waals surface area contributed by atoms with Crippen LogP contribution in [0, 0.1) is 0 Å². The Morgan fingerprint density at radius 2 is 1.00 bits per heavy atom. The molecule has 0 fully saturated rings. The third kappa shape index (κ3) is 314. The SMILES string of the molecule is O.O=C[O-].O=C[O-].[Cu]. The maximum atomic E-state index is 8.25. The number of hydrogen-bond donors (Lipinski definition) is 0. The summed E-state index contributed by atoms with van der Waals surface area (Å²) in [6.07, 6.45) is 0. The summed E-state index contributed by atoms with van der Waals surface area (Å²) in [5.41, 5.74) is 0. The first-order valence-corrected chi connectivity index (χ1v) is 0.943. The Hall–Kier alpha value is -0.581. The molecule has 0 atom stereocenters. The summed E-state index contributed by atoms with van der Waals surface area (Å²) in [5.74, 6) is 0. The van der Waals surface area contributed by atoms with Crippen LogP contribution in [0.25, 0.3) is 0 Å². The van der Waals surface area contributed by atoms with E-state index in [1.54, 1.807) is 0 Å². The molecule has 2 N–H and O–H groups in total. The van der Waals surface area contributed by atoms with Crippen molar-refractivity contribution in [3.05, 3.63) is 0 Å². The van der Waals surface area contributed by atoms with Crippen LogP contribution in [0.3, 0.4) is 0 Å². The number of carbonyl (C=O) groups is 2. The van der Waals surface area contributed by atoms with Crippen LogP contribution < -0.4 is 10.2 Å². The topological polar surface area (TPSA) is 112 Å². The van der Waals surface area contributed by atoms with Crippen molar-refractivity contribution < 1.29 is 42.3 Å². The van der Waals surface area contributed by atoms with Crippen molar-refractivity contribution in [1.82, 2.24) is 0 Å². The predicted octanol–water partition coefficient (Wildman–Crippen LogP) is -4.09. The molecular weight excluding hydrogens is 168 g/mol. The van der Waals surface area contributed by atoms with Gasteiger partial charge in [-0.25, -0.2) is 0 Å². The molecule has 0 unspecified atom stereocenters. The summed E-state index contributed by atoms with van der Waals surface area (Å²) >= 11 is 0. The molecule has 0 spiro atoms. The van der Waals surface area contributed by atoms with E-state index in [-0.39, 0.29) is 22.5 Å². The van der Waals surface area contributed by atoms with E-state index in [9.17, 15) is 0 Å². The zero-order chi connectivity index (χ0) is 5.41. The van der Waals surface area contributed by atoms with Gasteiger partial charge in [0.15, 0.2) is 0 Å². The Labute approximate surface area is 56.1 Å². The quantitative estimate of drug-likeness (QED) is 0.272. The summed E-state index contributed by atoms with van der Waals surface area (Å²) in [5, 5.41) is 16.5. The largest absolute Gasteiger partial charge is 0.554 e. The van der Waals surface area contributed by atoms with Crippen LogP contribution in [-0.4, -0.2) is 18.4 Å². The molecule has 5 nitrogen and oxygen atoms in total. The molecule has 0 aromatic carbocycles. The average molecular weight is 172 g/mol. The number of carboxylic acid groups (broad SMARTS) is 2. The fraction of sp³-hybridized carbons (Fsp3) is 0. The van der Waals surface area contributed by atoms with Gasteiger partial charge in [-0.3, -0.25) is 0 Å². The minimum absolute atomic E-state index is 0. The van der Waals surface area contributed by atoms with Crippen molar-refractivity contribution in [1.29, 1.82) is 0 Å². The molecule has 0 saturated heterocycles. The van der Waals surface area contributed by atoms with Crippen molar-refractivity contribution in [3.8, 4) is 0 Å². The summed E-state index contributed by atoms with van der Waals surface area (Å²) in [6, 6.07) is 0. The molecule has 0 heterocycles. The van der Waals surface area contributed by atoms with Gasteiger partial charge in [-0.05, 0) is 0 Å². The fourth-order valence-corrected chi connectivity index (χ4v) is 0. The van der Waals surface area contributed by atoms with Crippen molar-refractivity contribution in [2.24, 2.45) is 0 Å². The predicted molar refractivity (Wildman–Crippen MR) is 15.7 cm³/mol.